The largest absolute Gasteiger partial charge is 0.495 e. The third kappa shape index (κ3) is 3.82. The Balaban J connectivity index is 1.41. The highest BCUT2D eigenvalue weighted by atomic mass is 35.5. The Kier molecular flexibility index (Phi) is 5.30. The molecule has 0 unspecified atom stereocenters. The van der Waals surface area contributed by atoms with E-state index in [4.69, 9.17) is 21.4 Å². The summed E-state index contributed by atoms with van der Waals surface area (Å²) in [6.45, 7) is 0.355. The third-order valence-corrected chi connectivity index (χ3v) is 6.08. The number of halogens is 1. The summed E-state index contributed by atoms with van der Waals surface area (Å²) in [5.41, 5.74) is 3.38. The quantitative estimate of drug-likeness (QED) is 0.483. The van der Waals surface area contributed by atoms with Crippen molar-refractivity contribution in [2.45, 2.75) is 13.0 Å². The number of ether oxygens (including phenoxy) is 1. The molecular weight excluding hydrogens is 442 g/mol. The normalized spacial score (nSPS) is 13.3. The molecule has 0 saturated carbocycles. The lowest BCUT2D eigenvalue weighted by Crippen LogP contribution is -2.42. The molecule has 9 heteroatoms. The van der Waals surface area contributed by atoms with Crippen LogP contribution in [0.1, 0.15) is 6.42 Å². The molecule has 168 valence electrons. The minimum Gasteiger partial charge on any atom is -0.495 e. The molecule has 0 atom stereocenters. The van der Waals surface area contributed by atoms with Crippen molar-refractivity contribution in [1.82, 2.24) is 14.3 Å². The number of aromatic nitrogens is 3. The van der Waals surface area contributed by atoms with Crippen LogP contribution in [0.3, 0.4) is 0 Å². The van der Waals surface area contributed by atoms with E-state index in [-0.39, 0.29) is 24.8 Å². The molecule has 0 bridgehead atoms. The predicted molar refractivity (Wildman–Crippen MR) is 128 cm³/mol. The fourth-order valence-electron chi connectivity index (χ4n) is 4.19. The molecule has 5 rings (SSSR count). The molecule has 33 heavy (non-hydrogen) atoms. The number of nitrogens with one attached hydrogen (secondary N) is 1. The number of rotatable bonds is 5. The van der Waals surface area contributed by atoms with Gasteiger partial charge in [-0.05, 0) is 24.3 Å². The van der Waals surface area contributed by atoms with Crippen LogP contribution >= 0.6 is 11.6 Å². The number of amides is 2. The number of hydrogen-bond donors (Lipinski definition) is 1. The minimum absolute atomic E-state index is 0.116. The average molecular weight is 464 g/mol. The number of carbonyl (C=O) groups excluding carboxylic acids is 2. The molecule has 2 aromatic heterocycles. The molecule has 2 aromatic carbocycles. The van der Waals surface area contributed by atoms with Gasteiger partial charge < -0.3 is 14.6 Å². The summed E-state index contributed by atoms with van der Waals surface area (Å²) in [6.07, 6.45) is 2.32. The van der Waals surface area contributed by atoms with Gasteiger partial charge in [-0.25, -0.2) is 4.68 Å². The molecular formula is C24H22ClN5O3. The van der Waals surface area contributed by atoms with Crippen molar-refractivity contribution < 1.29 is 14.3 Å². The monoisotopic (exact) mass is 463 g/mol. The molecule has 0 fully saturated rings. The second-order valence-corrected chi connectivity index (χ2v) is 8.32. The van der Waals surface area contributed by atoms with Crippen molar-refractivity contribution >= 4 is 45.8 Å². The van der Waals surface area contributed by atoms with Crippen LogP contribution in [-0.4, -0.2) is 39.8 Å². The summed E-state index contributed by atoms with van der Waals surface area (Å²) in [6, 6.07) is 15.0. The number of aryl methyl sites for hydroxylation is 2. The Morgan fingerprint density at radius 1 is 1.21 bits per heavy atom. The smallest absolute Gasteiger partial charge is 0.244 e. The van der Waals surface area contributed by atoms with Gasteiger partial charge in [0, 0.05) is 47.9 Å². The maximum Gasteiger partial charge on any atom is 0.244 e. The number of para-hydroxylation sites is 1. The number of benzene rings is 2. The highest BCUT2D eigenvalue weighted by Gasteiger charge is 2.28. The summed E-state index contributed by atoms with van der Waals surface area (Å²) < 4.78 is 8.98. The summed E-state index contributed by atoms with van der Waals surface area (Å²) in [5, 5.41) is 9.01. The number of anilines is 2. The van der Waals surface area contributed by atoms with E-state index in [9.17, 15) is 9.59 Å². The fraction of sp³-hybridized carbons (Fsp3) is 0.208. The molecule has 4 aromatic rings. The first-order valence-corrected chi connectivity index (χ1v) is 10.9. The SMILES string of the molecule is COc1ccc(NC(=O)CN2C(=O)CCn3nc(-c4cn(C)c5ccccc45)cc32)cc1Cl. The van der Waals surface area contributed by atoms with Crippen LogP contribution in [0.25, 0.3) is 22.2 Å². The van der Waals surface area contributed by atoms with E-state index in [1.807, 2.05) is 31.4 Å². The first-order chi connectivity index (χ1) is 15.9. The maximum atomic E-state index is 12.7. The van der Waals surface area contributed by atoms with Crippen molar-refractivity contribution in [3.63, 3.8) is 0 Å². The molecule has 2 amide bonds. The fourth-order valence-corrected chi connectivity index (χ4v) is 4.45. The van der Waals surface area contributed by atoms with Gasteiger partial charge in [0.25, 0.3) is 0 Å². The lowest BCUT2D eigenvalue weighted by atomic mass is 10.1. The van der Waals surface area contributed by atoms with Crippen molar-refractivity contribution in [3.8, 4) is 17.0 Å². The van der Waals surface area contributed by atoms with Gasteiger partial charge in [0.1, 0.15) is 18.1 Å². The average Bonchev–Trinajstić information content (AvgIpc) is 3.37. The Labute approximate surface area is 195 Å². The highest BCUT2D eigenvalue weighted by molar-refractivity contribution is 6.32. The molecule has 0 radical (unpaired) electrons. The molecule has 1 aliphatic heterocycles. The Morgan fingerprint density at radius 2 is 2.03 bits per heavy atom. The molecule has 0 aliphatic carbocycles. The van der Waals surface area contributed by atoms with Gasteiger partial charge in [-0.3, -0.25) is 14.5 Å². The highest BCUT2D eigenvalue weighted by Crippen LogP contribution is 2.33. The summed E-state index contributed by atoms with van der Waals surface area (Å²) in [4.78, 5) is 26.9. The minimum atomic E-state index is -0.328. The van der Waals surface area contributed by atoms with E-state index in [0.29, 0.717) is 28.8 Å². The summed E-state index contributed by atoms with van der Waals surface area (Å²) in [7, 11) is 3.52. The van der Waals surface area contributed by atoms with Crippen LogP contribution in [0.4, 0.5) is 11.5 Å². The van der Waals surface area contributed by atoms with Gasteiger partial charge >= 0.3 is 0 Å². The molecule has 3 heterocycles. The Morgan fingerprint density at radius 3 is 2.82 bits per heavy atom. The van der Waals surface area contributed by atoms with Crippen LogP contribution < -0.4 is 15.0 Å². The topological polar surface area (TPSA) is 81.4 Å². The van der Waals surface area contributed by atoms with Gasteiger partial charge in [0.2, 0.25) is 11.8 Å². The third-order valence-electron chi connectivity index (χ3n) is 5.78. The van der Waals surface area contributed by atoms with E-state index in [2.05, 4.69) is 22.0 Å². The number of nitrogens with zero attached hydrogens (tertiary/aromatic N) is 4. The summed E-state index contributed by atoms with van der Waals surface area (Å²) >= 11 is 6.14. The van der Waals surface area contributed by atoms with Gasteiger partial charge in [0.05, 0.1) is 24.4 Å². The zero-order chi connectivity index (χ0) is 23.1. The Hall–Kier alpha value is -3.78. The number of methoxy groups -OCH3 is 1. The van der Waals surface area contributed by atoms with Crippen LogP contribution in [0.5, 0.6) is 5.75 Å². The van der Waals surface area contributed by atoms with Crippen LogP contribution in [-0.2, 0) is 23.2 Å². The van der Waals surface area contributed by atoms with Gasteiger partial charge in [-0.2, -0.15) is 5.10 Å². The maximum absolute atomic E-state index is 12.7. The van der Waals surface area contributed by atoms with Crippen molar-refractivity contribution in [3.05, 3.63) is 59.8 Å². The van der Waals surface area contributed by atoms with Crippen molar-refractivity contribution in [2.75, 3.05) is 23.9 Å². The van der Waals surface area contributed by atoms with Crippen molar-refractivity contribution in [2.24, 2.45) is 7.05 Å². The van der Waals surface area contributed by atoms with Gasteiger partial charge in [0.15, 0.2) is 0 Å². The van der Waals surface area contributed by atoms with Crippen LogP contribution in [0, 0.1) is 0 Å². The zero-order valence-corrected chi connectivity index (χ0v) is 19.0. The van der Waals surface area contributed by atoms with E-state index < -0.39 is 0 Å². The predicted octanol–water partition coefficient (Wildman–Crippen LogP) is 4.08. The lowest BCUT2D eigenvalue weighted by molar-refractivity contribution is -0.122. The lowest BCUT2D eigenvalue weighted by Gasteiger charge is -2.26. The second-order valence-electron chi connectivity index (χ2n) is 7.91. The molecule has 8 nitrogen and oxygen atoms in total. The van der Waals surface area contributed by atoms with E-state index in [0.717, 1.165) is 22.2 Å². The molecule has 1 aliphatic rings. The van der Waals surface area contributed by atoms with Crippen LogP contribution in [0.2, 0.25) is 5.02 Å². The molecule has 1 N–H and O–H groups in total. The molecule has 0 spiro atoms. The van der Waals surface area contributed by atoms with Crippen LogP contribution in [0.15, 0.2) is 54.7 Å². The summed E-state index contributed by atoms with van der Waals surface area (Å²) in [5.74, 6) is 0.684. The van der Waals surface area contributed by atoms with E-state index in [1.165, 1.54) is 12.0 Å². The Bertz CT molecular complexity index is 1390. The van der Waals surface area contributed by atoms with Gasteiger partial charge in [-0.1, -0.05) is 29.8 Å². The number of hydrogen-bond acceptors (Lipinski definition) is 4. The standard InChI is InChI=1S/C24H22ClN5O3/c1-28-13-17(16-5-3-4-6-20(16)28)19-12-23-29(24(32)9-10-30(23)27-19)14-22(31)26-15-7-8-21(33-2)18(25)11-15/h3-8,11-13H,9-10,14H2,1-2H3,(H,26,31). The number of fused-ring (bicyclic) bond motifs is 2. The molecule has 0 saturated heterocycles. The van der Waals surface area contributed by atoms with E-state index in [1.54, 1.807) is 22.9 Å². The second kappa shape index (κ2) is 8.29. The number of carbonyl (C=O) groups is 2. The first kappa shape index (κ1) is 21.1. The van der Waals surface area contributed by atoms with Crippen molar-refractivity contribution in [1.29, 1.82) is 0 Å². The zero-order valence-electron chi connectivity index (χ0n) is 18.2. The first-order valence-electron chi connectivity index (χ1n) is 10.5. The van der Waals surface area contributed by atoms with E-state index >= 15 is 0 Å². The van der Waals surface area contributed by atoms with Gasteiger partial charge in [-0.15, -0.1) is 0 Å².